The van der Waals surface area contributed by atoms with Crippen molar-refractivity contribution in [3.8, 4) is 0 Å². The summed E-state index contributed by atoms with van der Waals surface area (Å²) in [6, 6.07) is 0. The zero-order valence-corrected chi connectivity index (χ0v) is 33.5. The van der Waals surface area contributed by atoms with E-state index < -0.39 is 37.3 Å². The maximum Gasteiger partial charge on any atom is 0.187 e. The van der Waals surface area contributed by atoms with E-state index in [4.69, 9.17) is 14.6 Å². The predicted octanol–water partition coefficient (Wildman–Crippen LogP) is -1.03. The number of rotatable bonds is 7. The normalized spacial score (nSPS) is 29.4. The van der Waals surface area contributed by atoms with Crippen LogP contribution in [0.3, 0.4) is 0 Å². The summed E-state index contributed by atoms with van der Waals surface area (Å²) in [7, 11) is 0. The van der Waals surface area contributed by atoms with E-state index in [0.29, 0.717) is 6.42 Å². The first-order chi connectivity index (χ1) is 9.88. The molecule has 1 aliphatic rings. The van der Waals surface area contributed by atoms with Crippen LogP contribution in [0.2, 0.25) is 0 Å². The van der Waals surface area contributed by atoms with Gasteiger partial charge in [0.1, 0.15) is 30.2 Å². The Morgan fingerprint density at radius 2 is 1.64 bits per heavy atom. The van der Waals surface area contributed by atoms with Crippen molar-refractivity contribution < 1.29 is 211 Å². The first-order valence-electron chi connectivity index (χ1n) is 6.96. The van der Waals surface area contributed by atoms with E-state index in [9.17, 15) is 20.1 Å². The van der Waals surface area contributed by atoms with Gasteiger partial charge in [0.2, 0.25) is 0 Å². The average Bonchev–Trinajstić information content (AvgIpc) is 2.46. The zero-order valence-electron chi connectivity index (χ0n) is 14.6. The SMILES string of the molecule is CC(=O)[C@@H](C)C/C=C/CO[C@@H]1OC(CO)[C@H](O)[C@H](O)C1O.[Ac].[Ac].[Ac].[Ac]. The van der Waals surface area contributed by atoms with E-state index in [2.05, 4.69) is 0 Å². The number of Topliss-reactive ketones (excluding diaryl/α,β-unsaturated/α-hetero) is 1. The molecule has 1 heterocycles. The molecule has 0 aromatic heterocycles. The van der Waals surface area contributed by atoms with E-state index in [1.165, 1.54) is 6.92 Å². The number of carbonyl (C=O) groups excluding carboxylic acids is 1. The van der Waals surface area contributed by atoms with Crippen molar-refractivity contribution in [1.82, 2.24) is 0 Å². The molecule has 1 saturated heterocycles. The summed E-state index contributed by atoms with van der Waals surface area (Å²) in [5.41, 5.74) is 0. The van der Waals surface area contributed by atoms with Gasteiger partial charge in [-0.15, -0.1) is 0 Å². The molecule has 0 amide bonds. The van der Waals surface area contributed by atoms with Crippen molar-refractivity contribution in [2.75, 3.05) is 13.2 Å². The minimum atomic E-state index is -1.44. The number of ether oxygens (including phenoxy) is 2. The molecule has 25 heavy (non-hydrogen) atoms. The number of hydrogen-bond acceptors (Lipinski definition) is 7. The van der Waals surface area contributed by atoms with E-state index in [-0.39, 0.29) is 195 Å². The van der Waals surface area contributed by atoms with Crippen molar-refractivity contribution >= 4 is 5.78 Å². The summed E-state index contributed by atoms with van der Waals surface area (Å²) in [4.78, 5) is 11.0. The molecular formula is C14H24Ac4O7. The van der Waals surface area contributed by atoms with Gasteiger partial charge in [-0.3, -0.25) is 4.79 Å². The van der Waals surface area contributed by atoms with Crippen LogP contribution in [0.4, 0.5) is 0 Å². The van der Waals surface area contributed by atoms with Crippen molar-refractivity contribution in [3.63, 3.8) is 0 Å². The van der Waals surface area contributed by atoms with Gasteiger partial charge < -0.3 is 29.9 Å². The van der Waals surface area contributed by atoms with Crippen LogP contribution in [0, 0.1) is 182 Å². The second-order valence-corrected chi connectivity index (χ2v) is 5.25. The predicted molar refractivity (Wildman–Crippen MR) is 73.3 cm³/mol. The molecule has 0 saturated carbocycles. The number of ketones is 1. The minimum Gasteiger partial charge on any atom is -0.394 e. The second-order valence-electron chi connectivity index (χ2n) is 5.25. The van der Waals surface area contributed by atoms with Gasteiger partial charge in [-0.2, -0.15) is 0 Å². The minimum absolute atomic E-state index is 0. The van der Waals surface area contributed by atoms with E-state index in [1.807, 2.05) is 6.92 Å². The molecule has 1 aliphatic heterocycles. The summed E-state index contributed by atoms with van der Waals surface area (Å²) < 4.78 is 10.4. The fourth-order valence-corrected chi connectivity index (χ4v) is 1.89. The molecule has 6 atom stereocenters. The number of aliphatic hydroxyl groups is 4. The van der Waals surface area contributed by atoms with Crippen LogP contribution >= 0.6 is 0 Å². The van der Waals surface area contributed by atoms with Crippen LogP contribution in [-0.4, -0.2) is 70.1 Å². The topological polar surface area (TPSA) is 116 Å². The number of allylic oxidation sites excluding steroid dienone is 1. The number of carbonyl (C=O) groups is 1. The van der Waals surface area contributed by atoms with Crippen LogP contribution in [0.15, 0.2) is 12.2 Å². The maximum absolute atomic E-state index is 11.0. The first-order valence-corrected chi connectivity index (χ1v) is 6.96. The van der Waals surface area contributed by atoms with Gasteiger partial charge in [-0.05, 0) is 13.3 Å². The average molecular weight is 1210 g/mol. The van der Waals surface area contributed by atoms with Gasteiger partial charge in [0, 0.05) is 182 Å². The largest absolute Gasteiger partial charge is 0.394 e. The number of aliphatic hydroxyl groups excluding tert-OH is 4. The molecule has 0 aliphatic carbocycles. The third-order valence-corrected chi connectivity index (χ3v) is 3.56. The smallest absolute Gasteiger partial charge is 0.187 e. The Morgan fingerprint density at radius 1 is 1.08 bits per heavy atom. The Morgan fingerprint density at radius 3 is 2.12 bits per heavy atom. The van der Waals surface area contributed by atoms with Gasteiger partial charge in [0.05, 0.1) is 13.2 Å². The molecule has 134 valence electrons. The van der Waals surface area contributed by atoms with Crippen molar-refractivity contribution in [2.24, 2.45) is 5.92 Å². The third-order valence-electron chi connectivity index (χ3n) is 3.56. The fraction of sp³-hybridized carbons (Fsp3) is 0.786. The van der Waals surface area contributed by atoms with Crippen molar-refractivity contribution in [3.05, 3.63) is 12.2 Å². The van der Waals surface area contributed by atoms with E-state index >= 15 is 0 Å². The molecule has 1 fully saturated rings. The molecule has 2 unspecified atom stereocenters. The van der Waals surface area contributed by atoms with Crippen molar-refractivity contribution in [2.45, 2.75) is 51.0 Å². The van der Waals surface area contributed by atoms with Gasteiger partial charge in [-0.25, -0.2) is 0 Å². The Kier molecular flexibility index (Phi) is 31.0. The van der Waals surface area contributed by atoms with Gasteiger partial charge in [-0.1, -0.05) is 19.1 Å². The van der Waals surface area contributed by atoms with Gasteiger partial charge in [0.25, 0.3) is 0 Å². The Hall–Kier alpha value is 4.94. The maximum atomic E-state index is 11.0. The van der Waals surface area contributed by atoms with Gasteiger partial charge in [0.15, 0.2) is 6.29 Å². The van der Waals surface area contributed by atoms with Crippen LogP contribution in [-0.2, 0) is 14.3 Å². The molecule has 1 rings (SSSR count). The molecule has 0 aromatic rings. The van der Waals surface area contributed by atoms with Crippen LogP contribution in [0.1, 0.15) is 20.3 Å². The molecular weight excluding hydrogens is 1190 g/mol. The molecule has 4 radical (unpaired) electrons. The molecule has 0 spiro atoms. The molecule has 4 N–H and O–H groups in total. The van der Waals surface area contributed by atoms with Crippen LogP contribution in [0.5, 0.6) is 0 Å². The Balaban J connectivity index is -0.000000551. The summed E-state index contributed by atoms with van der Waals surface area (Å²) in [6.45, 7) is 2.98. The fourth-order valence-electron chi connectivity index (χ4n) is 1.89. The molecule has 11 heteroatoms. The first kappa shape index (κ1) is 37.3. The summed E-state index contributed by atoms with van der Waals surface area (Å²) in [5.74, 6) is 0.0445. The number of hydrogen-bond donors (Lipinski definition) is 4. The third kappa shape index (κ3) is 13.8. The Bertz CT molecular complexity index is 371. The van der Waals surface area contributed by atoms with Crippen molar-refractivity contribution in [1.29, 1.82) is 0 Å². The summed E-state index contributed by atoms with van der Waals surface area (Å²) in [6.07, 6.45) is -2.28. The summed E-state index contributed by atoms with van der Waals surface area (Å²) >= 11 is 0. The van der Waals surface area contributed by atoms with Crippen LogP contribution < -0.4 is 0 Å². The second kappa shape index (κ2) is 20.8. The molecule has 0 aromatic carbocycles. The monoisotopic (exact) mass is 1210 g/mol. The zero-order chi connectivity index (χ0) is 16.0. The van der Waals surface area contributed by atoms with Crippen LogP contribution in [0.25, 0.3) is 0 Å². The molecule has 0 bridgehead atoms. The van der Waals surface area contributed by atoms with E-state index in [1.54, 1.807) is 12.2 Å². The quantitative estimate of drug-likeness (QED) is 0.242. The summed E-state index contributed by atoms with van der Waals surface area (Å²) in [5, 5.41) is 37.9. The molecule has 7 nitrogen and oxygen atoms in total. The van der Waals surface area contributed by atoms with E-state index in [0.717, 1.165) is 0 Å². The van der Waals surface area contributed by atoms with Gasteiger partial charge >= 0.3 is 0 Å². The standard InChI is InChI=1S/C14H24O7.4Ac/c1-8(9(2)16)5-3-4-6-20-14-13(19)12(18)11(17)10(7-15)21-14;;;;/h3-4,8,10-15,17-19H,5-7H2,1-2H3;;;;/b4-3+;;;;/t8-,10?,11-,12-,13?,14+;;;;/m0..../s1. The Labute approximate surface area is 292 Å².